The first-order valence-electron chi connectivity index (χ1n) is 5.61. The van der Waals surface area contributed by atoms with E-state index in [1.807, 2.05) is 0 Å². The summed E-state index contributed by atoms with van der Waals surface area (Å²) in [6, 6.07) is 1.44. The maximum atomic E-state index is 11.7. The molecule has 1 aliphatic heterocycles. The summed E-state index contributed by atoms with van der Waals surface area (Å²) in [4.78, 5) is 26.6. The molecule has 0 amide bonds. The molecule has 3 N–H and O–H groups in total. The third-order valence-corrected chi connectivity index (χ3v) is 3.83. The van der Waals surface area contributed by atoms with E-state index in [2.05, 4.69) is 29.0 Å². The molecule has 0 saturated carbocycles. The second-order valence-electron chi connectivity index (χ2n) is 4.18. The van der Waals surface area contributed by atoms with Gasteiger partial charge in [0.1, 0.15) is 18.1 Å². The van der Waals surface area contributed by atoms with E-state index in [4.69, 9.17) is 15.0 Å². The van der Waals surface area contributed by atoms with Gasteiger partial charge in [0.05, 0.1) is 12.7 Å². The molecule has 1 aromatic rings. The van der Waals surface area contributed by atoms with Gasteiger partial charge in [-0.3, -0.25) is 4.57 Å². The SMILES string of the molecule is Nc1ccn(C2CC(OP([O-])(=S)[S-])C(CO)O2)c(=O)n1. The minimum absolute atomic E-state index is 0.0939. The Labute approximate surface area is 124 Å². The van der Waals surface area contributed by atoms with Gasteiger partial charge in [-0.2, -0.15) is 4.98 Å². The van der Waals surface area contributed by atoms with Gasteiger partial charge in [0.15, 0.2) is 0 Å². The van der Waals surface area contributed by atoms with Crippen molar-refractivity contribution in [2.45, 2.75) is 24.9 Å². The fraction of sp³-hybridized carbons (Fsp3) is 0.556. The number of nitrogens with zero attached hydrogens (tertiary/aromatic N) is 2. The highest BCUT2D eigenvalue weighted by atomic mass is 32.9. The van der Waals surface area contributed by atoms with Gasteiger partial charge in [-0.15, -0.1) is 17.5 Å². The highest BCUT2D eigenvalue weighted by molar-refractivity contribution is 8.50. The lowest BCUT2D eigenvalue weighted by Gasteiger charge is -2.38. The molecule has 0 spiro atoms. The number of nitrogen functional groups attached to an aromatic ring is 1. The minimum atomic E-state index is -3.55. The fourth-order valence-corrected chi connectivity index (χ4v) is 3.17. The van der Waals surface area contributed by atoms with Gasteiger partial charge in [-0.25, -0.2) is 4.79 Å². The van der Waals surface area contributed by atoms with E-state index in [0.717, 1.165) is 0 Å². The smallest absolute Gasteiger partial charge is 0.351 e. The van der Waals surface area contributed by atoms with Gasteiger partial charge in [0.2, 0.25) is 0 Å². The molecule has 112 valence electrons. The van der Waals surface area contributed by atoms with E-state index >= 15 is 0 Å². The van der Waals surface area contributed by atoms with Crippen LogP contribution in [0.1, 0.15) is 12.6 Å². The lowest BCUT2D eigenvalue weighted by molar-refractivity contribution is -0.180. The highest BCUT2D eigenvalue weighted by Crippen LogP contribution is 2.41. The third kappa shape index (κ3) is 3.79. The van der Waals surface area contributed by atoms with Crippen LogP contribution in [0.2, 0.25) is 0 Å². The van der Waals surface area contributed by atoms with Crippen molar-refractivity contribution in [3.05, 3.63) is 22.7 Å². The highest BCUT2D eigenvalue weighted by Gasteiger charge is 2.37. The first kappa shape index (κ1) is 15.9. The van der Waals surface area contributed by atoms with Crippen LogP contribution in [0.25, 0.3) is 0 Å². The second-order valence-corrected chi connectivity index (χ2v) is 8.86. The number of aromatic nitrogens is 2. The number of anilines is 1. The molecular weight excluding hydrogens is 325 g/mol. The summed E-state index contributed by atoms with van der Waals surface area (Å²) in [6.45, 7) is -0.372. The minimum Gasteiger partial charge on any atom is -0.819 e. The summed E-state index contributed by atoms with van der Waals surface area (Å²) in [5.41, 5.74) is 1.25. The normalized spacial score (nSPS) is 29.2. The molecule has 1 aliphatic rings. The number of hydrogen-bond donors (Lipinski definition) is 2. The monoisotopic (exact) mass is 337 g/mol. The van der Waals surface area contributed by atoms with Gasteiger partial charge in [0, 0.05) is 12.6 Å². The summed E-state index contributed by atoms with van der Waals surface area (Å²) in [5, 5.41) is 9.23. The first-order chi connectivity index (χ1) is 9.30. The van der Waals surface area contributed by atoms with E-state index in [-0.39, 0.29) is 18.8 Å². The van der Waals surface area contributed by atoms with E-state index in [1.54, 1.807) is 0 Å². The molecule has 1 aromatic heterocycles. The number of rotatable bonds is 4. The zero-order valence-electron chi connectivity index (χ0n) is 10.1. The lowest BCUT2D eigenvalue weighted by atomic mass is 10.2. The Balaban J connectivity index is 2.20. The van der Waals surface area contributed by atoms with Crippen molar-refractivity contribution in [3.63, 3.8) is 0 Å². The zero-order valence-corrected chi connectivity index (χ0v) is 12.6. The van der Waals surface area contributed by atoms with Crippen LogP contribution in [0.4, 0.5) is 5.82 Å². The number of hydrogen-bond acceptors (Lipinski definition) is 9. The molecule has 0 aliphatic carbocycles. The molecule has 0 radical (unpaired) electrons. The Morgan fingerprint density at radius 1 is 1.80 bits per heavy atom. The van der Waals surface area contributed by atoms with Crippen molar-refractivity contribution in [2.75, 3.05) is 12.3 Å². The molecule has 20 heavy (non-hydrogen) atoms. The van der Waals surface area contributed by atoms with Crippen LogP contribution in [0.15, 0.2) is 17.1 Å². The average molecular weight is 337 g/mol. The Morgan fingerprint density at radius 2 is 2.50 bits per heavy atom. The molecule has 2 rings (SSSR count). The standard InChI is InChI=1S/C9H14N3O5PS2/c10-7-1-2-12(9(14)11-7)8-3-5(6(4-13)16-8)17-18(15,19)20/h1-2,5-6,8,13H,3-4H2,(H2,10,11,14)(H2,15,19,20)/p-2. The van der Waals surface area contributed by atoms with Gasteiger partial charge >= 0.3 is 5.69 Å². The van der Waals surface area contributed by atoms with Crippen molar-refractivity contribution < 1.29 is 19.3 Å². The van der Waals surface area contributed by atoms with Crippen molar-refractivity contribution in [1.29, 1.82) is 0 Å². The largest absolute Gasteiger partial charge is 0.819 e. The molecule has 1 saturated heterocycles. The maximum absolute atomic E-state index is 11.7. The molecule has 8 nitrogen and oxygen atoms in total. The molecular formula is C9H12N3O5PS2-2. The van der Waals surface area contributed by atoms with Gasteiger partial charge in [-0.1, -0.05) is 0 Å². The molecule has 4 atom stereocenters. The molecule has 0 aromatic carbocycles. The van der Waals surface area contributed by atoms with E-state index in [1.165, 1.54) is 16.8 Å². The predicted octanol–water partition coefficient (Wildman–Crippen LogP) is -1.38. The van der Waals surface area contributed by atoms with Gasteiger partial charge in [-0.05, 0) is 6.07 Å². The first-order valence-corrected chi connectivity index (χ1v) is 9.27. The Morgan fingerprint density at radius 3 is 3.05 bits per heavy atom. The van der Waals surface area contributed by atoms with Crippen LogP contribution in [0.3, 0.4) is 0 Å². The van der Waals surface area contributed by atoms with E-state index < -0.39 is 29.8 Å². The van der Waals surface area contributed by atoms with Crippen LogP contribution in [0.5, 0.6) is 0 Å². The summed E-state index contributed by atoms with van der Waals surface area (Å²) in [7, 11) is 0. The zero-order chi connectivity index (χ0) is 14.9. The Bertz CT molecular complexity index is 591. The van der Waals surface area contributed by atoms with Crippen molar-refractivity contribution in [3.8, 4) is 0 Å². The summed E-state index contributed by atoms with van der Waals surface area (Å²) in [6.07, 6.45) is -0.616. The molecule has 0 bridgehead atoms. The number of nitrogens with two attached hydrogens (primary N) is 1. The van der Waals surface area contributed by atoms with Gasteiger partial charge < -0.3 is 37.2 Å². The third-order valence-electron chi connectivity index (χ3n) is 2.79. The molecule has 2 heterocycles. The van der Waals surface area contributed by atoms with E-state index in [9.17, 15) is 14.8 Å². The van der Waals surface area contributed by atoms with Crippen LogP contribution in [-0.2, 0) is 33.3 Å². The lowest BCUT2D eigenvalue weighted by Crippen LogP contribution is -2.28. The number of ether oxygens (including phenoxy) is 1. The van der Waals surface area contributed by atoms with Crippen molar-refractivity contribution in [1.82, 2.24) is 9.55 Å². The second kappa shape index (κ2) is 6.10. The Kier molecular flexibility index (Phi) is 4.85. The molecule has 1 fully saturated rings. The maximum Gasteiger partial charge on any atom is 0.351 e. The van der Waals surface area contributed by atoms with Crippen molar-refractivity contribution >= 4 is 35.6 Å². The predicted molar refractivity (Wildman–Crippen MR) is 75.0 cm³/mol. The van der Waals surface area contributed by atoms with Gasteiger partial charge in [0.25, 0.3) is 0 Å². The number of aliphatic hydroxyl groups is 1. The van der Waals surface area contributed by atoms with E-state index in [0.29, 0.717) is 0 Å². The van der Waals surface area contributed by atoms with Crippen LogP contribution >= 0.6 is 5.69 Å². The van der Waals surface area contributed by atoms with Crippen LogP contribution in [0, 0.1) is 0 Å². The quantitative estimate of drug-likeness (QED) is 0.505. The fourth-order valence-electron chi connectivity index (χ4n) is 1.96. The van der Waals surface area contributed by atoms with Crippen LogP contribution < -0.4 is 16.3 Å². The molecule has 4 unspecified atom stereocenters. The topological polar surface area (TPSA) is 123 Å². The number of aliphatic hydroxyl groups excluding tert-OH is 1. The van der Waals surface area contributed by atoms with Crippen LogP contribution in [-0.4, -0.2) is 33.5 Å². The summed E-state index contributed by atoms with van der Waals surface area (Å²) in [5.74, 6) is 0.0939. The summed E-state index contributed by atoms with van der Waals surface area (Å²) < 4.78 is 11.7. The molecule has 11 heteroatoms. The average Bonchev–Trinajstić information content (AvgIpc) is 2.69. The summed E-state index contributed by atoms with van der Waals surface area (Å²) >= 11 is 9.07. The Hall–Kier alpha value is -0.480. The van der Waals surface area contributed by atoms with Crippen molar-refractivity contribution in [2.24, 2.45) is 0 Å².